The van der Waals surface area contributed by atoms with Gasteiger partial charge in [-0.25, -0.2) is 19.6 Å². The summed E-state index contributed by atoms with van der Waals surface area (Å²) in [4.78, 5) is 17.9. The van der Waals surface area contributed by atoms with E-state index in [-0.39, 0.29) is 6.04 Å². The molecule has 0 saturated carbocycles. The standard InChI is InChI=1S/C19H17N7/c1-2-4-16-15(3-1)19(25-18(24-16)13-7-9-20-10-8-13)23-14-5-6-17-21-12-22-26(17)11-14/h1-4,7-10,12,14H,5-6,11H2,(H,23,24,25)/t14-/m0/s1. The number of rotatable bonds is 3. The van der Waals surface area contributed by atoms with E-state index in [1.165, 1.54) is 0 Å². The smallest absolute Gasteiger partial charge is 0.162 e. The number of fused-ring (bicyclic) bond motifs is 2. The van der Waals surface area contributed by atoms with E-state index in [1.54, 1.807) is 18.7 Å². The second kappa shape index (κ2) is 6.18. The van der Waals surface area contributed by atoms with E-state index >= 15 is 0 Å². The van der Waals surface area contributed by atoms with E-state index in [9.17, 15) is 0 Å². The van der Waals surface area contributed by atoms with Crippen LogP contribution < -0.4 is 5.32 Å². The fraction of sp³-hybridized carbons (Fsp3) is 0.211. The van der Waals surface area contributed by atoms with E-state index in [4.69, 9.17) is 9.97 Å². The normalized spacial score (nSPS) is 16.4. The molecule has 1 atom stereocenters. The summed E-state index contributed by atoms with van der Waals surface area (Å²) >= 11 is 0. The van der Waals surface area contributed by atoms with Gasteiger partial charge < -0.3 is 5.32 Å². The van der Waals surface area contributed by atoms with Crippen molar-refractivity contribution in [2.45, 2.75) is 25.4 Å². The number of hydrogen-bond acceptors (Lipinski definition) is 6. The lowest BCUT2D eigenvalue weighted by Crippen LogP contribution is -2.32. The molecule has 0 spiro atoms. The van der Waals surface area contributed by atoms with Gasteiger partial charge in [-0.3, -0.25) is 4.98 Å². The number of nitrogens with one attached hydrogen (secondary N) is 1. The van der Waals surface area contributed by atoms with Crippen LogP contribution in [0.15, 0.2) is 55.1 Å². The first-order chi connectivity index (χ1) is 12.9. The minimum absolute atomic E-state index is 0.257. The molecule has 1 aliphatic heterocycles. The first kappa shape index (κ1) is 14.9. The van der Waals surface area contributed by atoms with Gasteiger partial charge >= 0.3 is 0 Å². The van der Waals surface area contributed by atoms with Crippen molar-refractivity contribution in [1.29, 1.82) is 0 Å². The van der Waals surface area contributed by atoms with Gasteiger partial charge in [0.05, 0.1) is 12.1 Å². The highest BCUT2D eigenvalue weighted by atomic mass is 15.3. The van der Waals surface area contributed by atoms with Crippen molar-refractivity contribution in [2.24, 2.45) is 0 Å². The maximum absolute atomic E-state index is 4.81. The summed E-state index contributed by atoms with van der Waals surface area (Å²) < 4.78 is 1.97. The molecular weight excluding hydrogens is 326 g/mol. The van der Waals surface area contributed by atoms with Gasteiger partial charge in [0.1, 0.15) is 18.0 Å². The van der Waals surface area contributed by atoms with Crippen molar-refractivity contribution >= 4 is 16.7 Å². The maximum atomic E-state index is 4.81. The average molecular weight is 343 g/mol. The monoisotopic (exact) mass is 343 g/mol. The third-order valence-electron chi connectivity index (χ3n) is 4.69. The first-order valence-corrected chi connectivity index (χ1v) is 8.67. The van der Waals surface area contributed by atoms with Crippen LogP contribution in [0.4, 0.5) is 5.82 Å². The highest BCUT2D eigenvalue weighted by Crippen LogP contribution is 2.26. The quantitative estimate of drug-likeness (QED) is 0.616. The Morgan fingerprint density at radius 3 is 2.85 bits per heavy atom. The number of nitrogens with zero attached hydrogens (tertiary/aromatic N) is 6. The Hall–Kier alpha value is -3.35. The van der Waals surface area contributed by atoms with Crippen LogP contribution in [-0.2, 0) is 13.0 Å². The second-order valence-corrected chi connectivity index (χ2v) is 6.39. The zero-order valence-corrected chi connectivity index (χ0v) is 14.1. The maximum Gasteiger partial charge on any atom is 0.162 e. The van der Waals surface area contributed by atoms with Crippen LogP contribution in [0.3, 0.4) is 0 Å². The summed E-state index contributed by atoms with van der Waals surface area (Å²) in [5.41, 5.74) is 1.88. The fourth-order valence-electron chi connectivity index (χ4n) is 3.37. The zero-order valence-electron chi connectivity index (χ0n) is 14.1. The van der Waals surface area contributed by atoms with E-state index < -0.39 is 0 Å². The zero-order chi connectivity index (χ0) is 17.3. The molecule has 0 bridgehead atoms. The van der Waals surface area contributed by atoms with Gasteiger partial charge in [-0.15, -0.1) is 0 Å². The van der Waals surface area contributed by atoms with Crippen molar-refractivity contribution in [1.82, 2.24) is 29.7 Å². The highest BCUT2D eigenvalue weighted by Gasteiger charge is 2.21. The fourth-order valence-corrected chi connectivity index (χ4v) is 3.37. The second-order valence-electron chi connectivity index (χ2n) is 6.39. The summed E-state index contributed by atoms with van der Waals surface area (Å²) in [6.07, 6.45) is 7.06. The Labute approximate surface area is 150 Å². The van der Waals surface area contributed by atoms with Gasteiger partial charge in [0.2, 0.25) is 0 Å². The largest absolute Gasteiger partial charge is 0.365 e. The Balaban J connectivity index is 1.54. The van der Waals surface area contributed by atoms with Crippen molar-refractivity contribution < 1.29 is 0 Å². The molecular formula is C19H17N7. The van der Waals surface area contributed by atoms with Crippen LogP contribution in [0, 0.1) is 0 Å². The summed E-state index contributed by atoms with van der Waals surface area (Å²) in [7, 11) is 0. The Kier molecular flexibility index (Phi) is 3.55. The van der Waals surface area contributed by atoms with Crippen LogP contribution in [0.25, 0.3) is 22.3 Å². The predicted octanol–water partition coefficient (Wildman–Crippen LogP) is 2.71. The van der Waals surface area contributed by atoms with Gasteiger partial charge in [0.25, 0.3) is 0 Å². The van der Waals surface area contributed by atoms with E-state index in [0.29, 0.717) is 5.82 Å². The molecule has 26 heavy (non-hydrogen) atoms. The van der Waals surface area contributed by atoms with Crippen LogP contribution in [0.1, 0.15) is 12.2 Å². The van der Waals surface area contributed by atoms with Crippen LogP contribution in [-0.4, -0.2) is 35.8 Å². The van der Waals surface area contributed by atoms with Crippen molar-refractivity contribution in [3.8, 4) is 11.4 Å². The van der Waals surface area contributed by atoms with Crippen LogP contribution in [0.2, 0.25) is 0 Å². The lowest BCUT2D eigenvalue weighted by atomic mass is 10.1. The molecule has 5 rings (SSSR count). The molecule has 0 fully saturated rings. The summed E-state index contributed by atoms with van der Waals surface area (Å²) in [6.45, 7) is 0.790. The Morgan fingerprint density at radius 2 is 1.92 bits per heavy atom. The molecule has 1 aromatic carbocycles. The van der Waals surface area contributed by atoms with E-state index in [2.05, 4.69) is 26.4 Å². The average Bonchev–Trinajstić information content (AvgIpc) is 3.16. The van der Waals surface area contributed by atoms with Crippen LogP contribution in [0.5, 0.6) is 0 Å². The molecule has 0 radical (unpaired) electrons. The summed E-state index contributed by atoms with van der Waals surface area (Å²) in [5.74, 6) is 2.61. The number of aromatic nitrogens is 6. The van der Waals surface area contributed by atoms with Crippen molar-refractivity contribution in [2.75, 3.05) is 5.32 Å². The predicted molar refractivity (Wildman–Crippen MR) is 98.5 cm³/mol. The SMILES string of the molecule is c1ccc2c(N[C@H]3CCc4ncnn4C3)nc(-c3ccncc3)nc2c1. The van der Waals surface area contributed by atoms with Crippen LogP contribution >= 0.6 is 0 Å². The summed E-state index contributed by atoms with van der Waals surface area (Å²) in [5, 5.41) is 8.93. The molecule has 128 valence electrons. The van der Waals surface area contributed by atoms with Gasteiger partial charge in [0, 0.05) is 35.8 Å². The van der Waals surface area contributed by atoms with E-state index in [1.807, 2.05) is 35.0 Å². The minimum atomic E-state index is 0.257. The van der Waals surface area contributed by atoms with Gasteiger partial charge in [0.15, 0.2) is 5.82 Å². The molecule has 1 aliphatic rings. The van der Waals surface area contributed by atoms with Gasteiger partial charge in [-0.05, 0) is 30.7 Å². The van der Waals surface area contributed by atoms with Crippen molar-refractivity contribution in [3.05, 3.63) is 60.9 Å². The molecule has 4 heterocycles. The Bertz CT molecular complexity index is 1060. The number of benzene rings is 1. The molecule has 0 unspecified atom stereocenters. The number of hydrogen-bond donors (Lipinski definition) is 1. The molecule has 1 N–H and O–H groups in total. The molecule has 4 aromatic rings. The molecule has 3 aromatic heterocycles. The lowest BCUT2D eigenvalue weighted by molar-refractivity contribution is 0.441. The highest BCUT2D eigenvalue weighted by molar-refractivity contribution is 5.90. The molecule has 7 heteroatoms. The number of anilines is 1. The molecule has 0 saturated heterocycles. The Morgan fingerprint density at radius 1 is 1.04 bits per heavy atom. The van der Waals surface area contributed by atoms with Gasteiger partial charge in [-0.1, -0.05) is 12.1 Å². The molecule has 7 nitrogen and oxygen atoms in total. The number of para-hydroxylation sites is 1. The number of aryl methyl sites for hydroxylation is 1. The molecule has 0 aliphatic carbocycles. The summed E-state index contributed by atoms with van der Waals surface area (Å²) in [6, 6.07) is 12.2. The lowest BCUT2D eigenvalue weighted by Gasteiger charge is -2.24. The number of pyridine rings is 1. The minimum Gasteiger partial charge on any atom is -0.365 e. The molecule has 0 amide bonds. The third kappa shape index (κ3) is 2.67. The van der Waals surface area contributed by atoms with E-state index in [0.717, 1.165) is 47.5 Å². The first-order valence-electron chi connectivity index (χ1n) is 8.67. The van der Waals surface area contributed by atoms with Gasteiger partial charge in [-0.2, -0.15) is 5.10 Å². The third-order valence-corrected chi connectivity index (χ3v) is 4.69. The topological polar surface area (TPSA) is 81.4 Å². The van der Waals surface area contributed by atoms with Crippen molar-refractivity contribution in [3.63, 3.8) is 0 Å².